The van der Waals surface area contributed by atoms with Gasteiger partial charge in [-0.25, -0.2) is 4.98 Å². The van der Waals surface area contributed by atoms with Crippen molar-refractivity contribution in [2.24, 2.45) is 0 Å². The van der Waals surface area contributed by atoms with Gasteiger partial charge in [0, 0.05) is 10.0 Å². The highest BCUT2D eigenvalue weighted by Crippen LogP contribution is 2.44. The molecule has 0 saturated carbocycles. The second-order valence-corrected chi connectivity index (χ2v) is 9.70. The van der Waals surface area contributed by atoms with Gasteiger partial charge in [0.25, 0.3) is 5.78 Å². The first kappa shape index (κ1) is 23.1. The third-order valence-electron chi connectivity index (χ3n) is 5.78. The molecule has 1 N–H and O–H groups in total. The predicted octanol–water partition coefficient (Wildman–Crippen LogP) is 5.70. The number of Topliss-reactive ketones (excluding diaryl/α,β-unsaturated/α-hetero) is 1. The number of aliphatic hydroxyl groups excluding tert-OH is 1. The number of amides is 1. The molecule has 1 amide bonds. The number of halogens is 1. The minimum Gasteiger partial charge on any atom is -0.507 e. The van der Waals surface area contributed by atoms with Gasteiger partial charge in [-0.15, -0.1) is 0 Å². The average molecular weight is 551 g/mol. The molecular weight excluding hydrogens is 532 g/mol. The summed E-state index contributed by atoms with van der Waals surface area (Å²) in [4.78, 5) is 32.6. The Labute approximate surface area is 213 Å². The van der Waals surface area contributed by atoms with Crippen molar-refractivity contribution in [1.82, 2.24) is 4.98 Å². The Hall–Kier alpha value is -3.69. The van der Waals surface area contributed by atoms with Gasteiger partial charge in [-0.1, -0.05) is 39.4 Å². The fourth-order valence-corrected chi connectivity index (χ4v) is 5.30. The number of hydrogen-bond acceptors (Lipinski definition) is 7. The maximum Gasteiger partial charge on any atom is 0.301 e. The lowest BCUT2D eigenvalue weighted by Crippen LogP contribution is -2.29. The Morgan fingerprint density at radius 2 is 1.63 bits per heavy atom. The smallest absolute Gasteiger partial charge is 0.301 e. The average Bonchev–Trinajstić information content (AvgIpc) is 3.41. The summed E-state index contributed by atoms with van der Waals surface area (Å²) >= 11 is 4.70. The molecule has 1 atom stereocenters. The lowest BCUT2D eigenvalue weighted by Gasteiger charge is -2.23. The second-order valence-electron chi connectivity index (χ2n) is 7.78. The molecule has 176 valence electrons. The topological polar surface area (TPSA) is 89.0 Å². The van der Waals surface area contributed by atoms with Crippen molar-refractivity contribution in [3.8, 4) is 11.5 Å². The van der Waals surface area contributed by atoms with E-state index in [0.29, 0.717) is 33.3 Å². The number of fused-ring (bicyclic) bond motifs is 1. The molecule has 35 heavy (non-hydrogen) atoms. The van der Waals surface area contributed by atoms with Crippen LogP contribution in [0.5, 0.6) is 11.5 Å². The largest absolute Gasteiger partial charge is 0.507 e. The number of ketones is 1. The molecule has 9 heteroatoms. The molecule has 1 unspecified atom stereocenters. The van der Waals surface area contributed by atoms with Crippen LogP contribution in [0, 0.1) is 0 Å². The summed E-state index contributed by atoms with van der Waals surface area (Å²) in [5.74, 6) is -0.513. The molecule has 0 bridgehead atoms. The van der Waals surface area contributed by atoms with Gasteiger partial charge in [0.15, 0.2) is 5.13 Å². The Bertz CT molecular complexity index is 1480. The van der Waals surface area contributed by atoms with Gasteiger partial charge in [-0.05, 0) is 60.2 Å². The van der Waals surface area contributed by atoms with Crippen molar-refractivity contribution in [3.05, 3.63) is 87.9 Å². The normalized spacial score (nSPS) is 17.2. The number of aliphatic hydroxyl groups is 1. The van der Waals surface area contributed by atoms with Crippen LogP contribution in [0.1, 0.15) is 17.2 Å². The van der Waals surface area contributed by atoms with Crippen molar-refractivity contribution in [2.45, 2.75) is 6.04 Å². The molecule has 7 nitrogen and oxygen atoms in total. The van der Waals surface area contributed by atoms with Gasteiger partial charge in [-0.2, -0.15) is 0 Å². The van der Waals surface area contributed by atoms with Crippen LogP contribution < -0.4 is 14.4 Å². The van der Waals surface area contributed by atoms with Crippen LogP contribution in [-0.2, 0) is 9.59 Å². The molecule has 5 rings (SSSR count). The van der Waals surface area contributed by atoms with Crippen LogP contribution in [0.2, 0.25) is 0 Å². The highest BCUT2D eigenvalue weighted by molar-refractivity contribution is 9.10. The van der Waals surface area contributed by atoms with E-state index in [2.05, 4.69) is 20.9 Å². The van der Waals surface area contributed by atoms with E-state index >= 15 is 0 Å². The van der Waals surface area contributed by atoms with Crippen molar-refractivity contribution >= 4 is 60.1 Å². The summed E-state index contributed by atoms with van der Waals surface area (Å²) in [6.07, 6.45) is 0. The van der Waals surface area contributed by atoms with Crippen molar-refractivity contribution in [2.75, 3.05) is 19.1 Å². The van der Waals surface area contributed by atoms with Crippen molar-refractivity contribution < 1.29 is 24.2 Å². The molecule has 4 aromatic rings. The zero-order chi connectivity index (χ0) is 24.7. The SMILES string of the molecule is COc1ccc(C(O)=C2C(=O)C(=O)N(c3nc4ccc(OC)cc4s3)C2c2ccc(Br)cc2)cc1. The fraction of sp³-hybridized carbons (Fsp3) is 0.115. The summed E-state index contributed by atoms with van der Waals surface area (Å²) in [5.41, 5.74) is 1.75. The Morgan fingerprint density at radius 1 is 0.971 bits per heavy atom. The summed E-state index contributed by atoms with van der Waals surface area (Å²) in [6, 6.07) is 18.5. The molecule has 1 aliphatic rings. The minimum absolute atomic E-state index is 0.000624. The summed E-state index contributed by atoms with van der Waals surface area (Å²) in [6.45, 7) is 0. The summed E-state index contributed by atoms with van der Waals surface area (Å²) < 4.78 is 12.1. The minimum atomic E-state index is -0.854. The zero-order valence-electron chi connectivity index (χ0n) is 18.7. The van der Waals surface area contributed by atoms with Crippen LogP contribution >= 0.6 is 27.3 Å². The van der Waals surface area contributed by atoms with E-state index in [1.54, 1.807) is 50.6 Å². The number of methoxy groups -OCH3 is 2. The van der Waals surface area contributed by atoms with Gasteiger partial charge < -0.3 is 14.6 Å². The Balaban J connectivity index is 1.69. The third-order valence-corrected chi connectivity index (χ3v) is 7.33. The number of rotatable bonds is 5. The number of aromatic nitrogens is 1. The van der Waals surface area contributed by atoms with Gasteiger partial charge in [-0.3, -0.25) is 14.5 Å². The van der Waals surface area contributed by atoms with Crippen molar-refractivity contribution in [1.29, 1.82) is 0 Å². The van der Waals surface area contributed by atoms with E-state index in [0.717, 1.165) is 9.17 Å². The van der Waals surface area contributed by atoms with Gasteiger partial charge in [0.1, 0.15) is 17.3 Å². The summed E-state index contributed by atoms with van der Waals surface area (Å²) in [7, 11) is 3.12. The quantitative estimate of drug-likeness (QED) is 0.195. The molecule has 2 heterocycles. The van der Waals surface area contributed by atoms with E-state index in [9.17, 15) is 14.7 Å². The highest BCUT2D eigenvalue weighted by Gasteiger charge is 2.48. The number of nitrogens with zero attached hydrogens (tertiary/aromatic N) is 2. The van der Waals surface area contributed by atoms with Gasteiger partial charge in [0.2, 0.25) is 0 Å². The predicted molar refractivity (Wildman–Crippen MR) is 138 cm³/mol. The molecule has 1 saturated heterocycles. The number of carbonyl (C=O) groups is 2. The molecule has 3 aromatic carbocycles. The monoisotopic (exact) mass is 550 g/mol. The Morgan fingerprint density at radius 3 is 2.29 bits per heavy atom. The maximum absolute atomic E-state index is 13.3. The number of thiazole rings is 1. The van der Waals surface area contributed by atoms with Crippen LogP contribution in [-0.4, -0.2) is 36.0 Å². The molecular formula is C26H19BrN2O5S. The first-order valence-corrected chi connectivity index (χ1v) is 12.2. The molecule has 1 aromatic heterocycles. The van der Waals surface area contributed by atoms with Gasteiger partial charge in [0.05, 0.1) is 36.1 Å². The van der Waals surface area contributed by atoms with E-state index in [-0.39, 0.29) is 11.3 Å². The van der Waals surface area contributed by atoms with Crippen LogP contribution in [0.3, 0.4) is 0 Å². The first-order valence-electron chi connectivity index (χ1n) is 10.6. The van der Waals surface area contributed by atoms with E-state index in [1.807, 2.05) is 30.3 Å². The number of benzene rings is 3. The van der Waals surface area contributed by atoms with Crippen molar-refractivity contribution in [3.63, 3.8) is 0 Å². The fourth-order valence-electron chi connectivity index (χ4n) is 4.02. The standard InChI is InChI=1S/C26H19BrN2O5S/c1-33-17-9-5-15(6-10-17)23(30)21-22(14-3-7-16(27)8-4-14)29(25(32)24(21)31)26-28-19-12-11-18(34-2)13-20(19)35-26/h3-13,22,30H,1-2H3. The lowest BCUT2D eigenvalue weighted by molar-refractivity contribution is -0.132. The highest BCUT2D eigenvalue weighted by atomic mass is 79.9. The first-order chi connectivity index (χ1) is 16.9. The number of hydrogen-bond donors (Lipinski definition) is 1. The van der Waals surface area contributed by atoms with Crippen LogP contribution in [0.25, 0.3) is 16.0 Å². The Kier molecular flexibility index (Phi) is 6.04. The van der Waals surface area contributed by atoms with E-state index in [4.69, 9.17) is 9.47 Å². The number of ether oxygens (including phenoxy) is 2. The zero-order valence-corrected chi connectivity index (χ0v) is 21.1. The molecule has 0 aliphatic carbocycles. The van der Waals surface area contributed by atoms with Crippen LogP contribution in [0.4, 0.5) is 5.13 Å². The summed E-state index contributed by atoms with van der Waals surface area (Å²) in [5, 5.41) is 11.6. The molecule has 0 spiro atoms. The lowest BCUT2D eigenvalue weighted by atomic mass is 9.95. The molecule has 0 radical (unpaired) electrons. The molecule has 1 aliphatic heterocycles. The third kappa shape index (κ3) is 4.06. The number of anilines is 1. The maximum atomic E-state index is 13.3. The van der Waals surface area contributed by atoms with Gasteiger partial charge >= 0.3 is 5.91 Å². The van der Waals surface area contributed by atoms with E-state index in [1.165, 1.54) is 16.2 Å². The number of carbonyl (C=O) groups excluding carboxylic acids is 2. The second kappa shape index (κ2) is 9.16. The molecule has 1 fully saturated rings. The van der Waals surface area contributed by atoms with E-state index < -0.39 is 17.7 Å². The van der Waals surface area contributed by atoms with Crippen LogP contribution in [0.15, 0.2) is 76.8 Å².